The molecule has 3 N–H and O–H groups in total. The summed E-state index contributed by atoms with van der Waals surface area (Å²) in [6, 6.07) is 13.8. The molecule has 0 saturated carbocycles. The van der Waals surface area contributed by atoms with E-state index in [4.69, 9.17) is 9.88 Å². The summed E-state index contributed by atoms with van der Waals surface area (Å²) in [7, 11) is -3.70. The summed E-state index contributed by atoms with van der Waals surface area (Å²) in [6.45, 7) is 0.842. The van der Waals surface area contributed by atoms with Crippen LogP contribution in [-0.4, -0.2) is 20.9 Å². The van der Waals surface area contributed by atoms with E-state index in [1.165, 1.54) is 12.1 Å². The van der Waals surface area contributed by atoms with E-state index < -0.39 is 10.0 Å². The molecule has 2 aromatic carbocycles. The van der Waals surface area contributed by atoms with Crippen molar-refractivity contribution in [1.29, 1.82) is 0 Å². The maximum atomic E-state index is 12.1. The van der Waals surface area contributed by atoms with Gasteiger partial charge in [0.15, 0.2) is 0 Å². The third-order valence-corrected chi connectivity index (χ3v) is 4.90. The second-order valence-corrected chi connectivity index (χ2v) is 7.28. The fourth-order valence-corrected chi connectivity index (χ4v) is 3.21. The van der Waals surface area contributed by atoms with E-state index >= 15 is 0 Å². The highest BCUT2D eigenvalue weighted by molar-refractivity contribution is 7.89. The number of sulfonamides is 1. The Kier molecular flexibility index (Phi) is 4.55. The molecule has 0 spiro atoms. The summed E-state index contributed by atoms with van der Waals surface area (Å²) >= 11 is 0. The number of para-hydroxylation sites is 1. The minimum Gasteiger partial charge on any atom is -0.493 e. The lowest BCUT2D eigenvalue weighted by Crippen LogP contribution is -2.25. The largest absolute Gasteiger partial charge is 0.493 e. The number of nitrogens with one attached hydrogen (secondary N) is 1. The van der Waals surface area contributed by atoms with E-state index in [1.807, 2.05) is 24.3 Å². The monoisotopic (exact) mass is 346 g/mol. The van der Waals surface area contributed by atoms with E-state index in [9.17, 15) is 13.2 Å². The van der Waals surface area contributed by atoms with Crippen molar-refractivity contribution in [2.45, 2.75) is 23.8 Å². The Bertz CT molecular complexity index is 847. The maximum Gasteiger partial charge on any atom is 0.238 e. The van der Waals surface area contributed by atoms with Crippen LogP contribution in [0.2, 0.25) is 0 Å². The lowest BCUT2D eigenvalue weighted by atomic mass is 9.97. The zero-order valence-electron chi connectivity index (χ0n) is 12.9. The van der Waals surface area contributed by atoms with Crippen LogP contribution in [0.25, 0.3) is 0 Å². The number of ether oxygens (including phenoxy) is 1. The van der Waals surface area contributed by atoms with Crippen LogP contribution in [-0.2, 0) is 21.4 Å². The molecule has 0 saturated heterocycles. The van der Waals surface area contributed by atoms with Gasteiger partial charge in [-0.15, -0.1) is 0 Å². The molecule has 0 fully saturated rings. The lowest BCUT2D eigenvalue weighted by molar-refractivity contribution is -0.121. The number of rotatable bonds is 5. The zero-order valence-corrected chi connectivity index (χ0v) is 13.8. The highest BCUT2D eigenvalue weighted by atomic mass is 32.2. The first-order chi connectivity index (χ1) is 11.4. The standard InChI is InChI=1S/C17H18N2O4S/c18-24(21,22)14-7-5-12(6-8-14)10-19-17(20)9-13-11-23-16-4-2-1-3-15(13)16/h1-8,13H,9-11H2,(H,19,20)(H2,18,21,22). The van der Waals surface area contributed by atoms with E-state index in [-0.39, 0.29) is 16.7 Å². The normalized spacial score (nSPS) is 16.3. The van der Waals surface area contributed by atoms with Gasteiger partial charge in [0.2, 0.25) is 15.9 Å². The molecule has 0 bridgehead atoms. The number of amides is 1. The summed E-state index contributed by atoms with van der Waals surface area (Å²) in [4.78, 5) is 12.2. The van der Waals surface area contributed by atoms with Crippen molar-refractivity contribution in [3.63, 3.8) is 0 Å². The van der Waals surface area contributed by atoms with E-state index in [0.717, 1.165) is 16.9 Å². The number of hydrogen-bond acceptors (Lipinski definition) is 4. The lowest BCUT2D eigenvalue weighted by Gasteiger charge is -2.10. The first-order valence-electron chi connectivity index (χ1n) is 7.53. The molecule has 1 atom stereocenters. The van der Waals surface area contributed by atoms with Gasteiger partial charge in [0.1, 0.15) is 5.75 Å². The molecule has 1 unspecified atom stereocenters. The molecular formula is C17H18N2O4S. The smallest absolute Gasteiger partial charge is 0.238 e. The molecule has 3 rings (SSSR count). The van der Waals surface area contributed by atoms with Gasteiger partial charge in [-0.05, 0) is 23.8 Å². The van der Waals surface area contributed by atoms with Crippen LogP contribution in [0.1, 0.15) is 23.5 Å². The quantitative estimate of drug-likeness (QED) is 0.857. The summed E-state index contributed by atoms with van der Waals surface area (Å²) in [6.07, 6.45) is 0.353. The molecule has 24 heavy (non-hydrogen) atoms. The molecular weight excluding hydrogens is 328 g/mol. The number of primary sulfonamides is 1. The van der Waals surface area contributed by atoms with Gasteiger partial charge in [-0.3, -0.25) is 4.79 Å². The molecule has 1 aliphatic heterocycles. The van der Waals surface area contributed by atoms with Crippen LogP contribution in [0.3, 0.4) is 0 Å². The summed E-state index contributed by atoms with van der Waals surface area (Å²) in [5.74, 6) is 0.829. The Morgan fingerprint density at radius 2 is 1.88 bits per heavy atom. The number of hydrogen-bond donors (Lipinski definition) is 2. The third-order valence-electron chi connectivity index (χ3n) is 3.97. The SMILES string of the molecule is NS(=O)(=O)c1ccc(CNC(=O)CC2COc3ccccc32)cc1. The van der Waals surface area contributed by atoms with E-state index in [1.54, 1.807) is 12.1 Å². The topological polar surface area (TPSA) is 98.5 Å². The Hall–Kier alpha value is -2.38. The van der Waals surface area contributed by atoms with Gasteiger partial charge in [0, 0.05) is 24.4 Å². The fraction of sp³-hybridized carbons (Fsp3) is 0.235. The Morgan fingerprint density at radius 1 is 1.17 bits per heavy atom. The van der Waals surface area contributed by atoms with Gasteiger partial charge in [-0.2, -0.15) is 0 Å². The fourth-order valence-electron chi connectivity index (χ4n) is 2.69. The molecule has 6 nitrogen and oxygen atoms in total. The van der Waals surface area contributed by atoms with Crippen LogP contribution in [0.15, 0.2) is 53.4 Å². The van der Waals surface area contributed by atoms with Crippen molar-refractivity contribution in [1.82, 2.24) is 5.32 Å². The van der Waals surface area contributed by atoms with E-state index in [2.05, 4.69) is 5.32 Å². The van der Waals surface area contributed by atoms with Gasteiger partial charge in [0.05, 0.1) is 11.5 Å². The van der Waals surface area contributed by atoms with Gasteiger partial charge in [0.25, 0.3) is 0 Å². The van der Waals surface area contributed by atoms with Crippen LogP contribution >= 0.6 is 0 Å². The van der Waals surface area contributed by atoms with Crippen molar-refractivity contribution >= 4 is 15.9 Å². The number of nitrogens with two attached hydrogens (primary N) is 1. The van der Waals surface area contributed by atoms with Crippen molar-refractivity contribution in [3.05, 3.63) is 59.7 Å². The Morgan fingerprint density at radius 3 is 2.58 bits per heavy atom. The van der Waals surface area contributed by atoms with Gasteiger partial charge < -0.3 is 10.1 Å². The molecule has 1 aliphatic rings. The van der Waals surface area contributed by atoms with Gasteiger partial charge >= 0.3 is 0 Å². The molecule has 0 radical (unpaired) electrons. The van der Waals surface area contributed by atoms with Crippen molar-refractivity contribution < 1.29 is 17.9 Å². The van der Waals surface area contributed by atoms with Crippen molar-refractivity contribution in [3.8, 4) is 5.75 Å². The first-order valence-corrected chi connectivity index (χ1v) is 9.08. The Balaban J connectivity index is 1.55. The van der Waals surface area contributed by atoms with Crippen molar-refractivity contribution in [2.75, 3.05) is 6.61 Å². The predicted octanol–water partition coefficient (Wildman–Crippen LogP) is 1.52. The van der Waals surface area contributed by atoms with Gasteiger partial charge in [-0.1, -0.05) is 30.3 Å². The third kappa shape index (κ3) is 3.74. The highest BCUT2D eigenvalue weighted by Gasteiger charge is 2.25. The second-order valence-electron chi connectivity index (χ2n) is 5.72. The molecule has 2 aromatic rings. The van der Waals surface area contributed by atoms with Crippen molar-refractivity contribution in [2.24, 2.45) is 5.14 Å². The summed E-state index contributed by atoms with van der Waals surface area (Å²) in [5.41, 5.74) is 1.86. The average Bonchev–Trinajstić information content (AvgIpc) is 2.96. The molecule has 0 aliphatic carbocycles. The highest BCUT2D eigenvalue weighted by Crippen LogP contribution is 2.35. The van der Waals surface area contributed by atoms with Crippen LogP contribution in [0, 0.1) is 0 Å². The van der Waals surface area contributed by atoms with Crippen LogP contribution in [0.4, 0.5) is 0 Å². The maximum absolute atomic E-state index is 12.1. The molecule has 7 heteroatoms. The molecule has 0 aromatic heterocycles. The minimum absolute atomic E-state index is 0.0530. The van der Waals surface area contributed by atoms with E-state index in [0.29, 0.717) is 19.6 Å². The minimum atomic E-state index is -3.70. The summed E-state index contributed by atoms with van der Waals surface area (Å²) < 4.78 is 28.0. The average molecular weight is 346 g/mol. The summed E-state index contributed by atoms with van der Waals surface area (Å²) in [5, 5.41) is 7.89. The van der Waals surface area contributed by atoms with Crippen LogP contribution < -0.4 is 15.2 Å². The van der Waals surface area contributed by atoms with Crippen LogP contribution in [0.5, 0.6) is 5.75 Å². The first kappa shape index (κ1) is 16.5. The Labute approximate surface area is 140 Å². The number of carbonyl (C=O) groups excluding carboxylic acids is 1. The number of fused-ring (bicyclic) bond motifs is 1. The predicted molar refractivity (Wildman–Crippen MR) is 89.0 cm³/mol. The number of benzene rings is 2. The molecule has 1 heterocycles. The second kappa shape index (κ2) is 6.62. The number of carbonyl (C=O) groups is 1. The molecule has 126 valence electrons. The zero-order chi connectivity index (χ0) is 17.2. The van der Waals surface area contributed by atoms with Gasteiger partial charge in [-0.25, -0.2) is 13.6 Å². The molecule has 1 amide bonds.